The van der Waals surface area contributed by atoms with Gasteiger partial charge < -0.3 is 39.0 Å². The predicted molar refractivity (Wildman–Crippen MR) is 141 cm³/mol. The van der Waals surface area contributed by atoms with Gasteiger partial charge in [-0.05, 0) is 69.1 Å². The maximum absolute atomic E-state index is 13.0. The molecule has 2 N–H and O–H groups in total. The molecule has 0 spiro atoms. The minimum absolute atomic E-state index is 0.162. The summed E-state index contributed by atoms with van der Waals surface area (Å²) < 4.78 is 22.4. The van der Waals surface area contributed by atoms with Crippen molar-refractivity contribution in [3.63, 3.8) is 0 Å². The van der Waals surface area contributed by atoms with Crippen LogP contribution in [0.3, 0.4) is 0 Å². The molecule has 0 bridgehead atoms. The van der Waals surface area contributed by atoms with Gasteiger partial charge >= 0.3 is 0 Å². The fourth-order valence-corrected chi connectivity index (χ4v) is 4.50. The summed E-state index contributed by atoms with van der Waals surface area (Å²) in [6, 6.07) is 11.5. The summed E-state index contributed by atoms with van der Waals surface area (Å²) in [7, 11) is 4.09. The highest BCUT2D eigenvalue weighted by Crippen LogP contribution is 2.34. The molecule has 0 saturated carbocycles. The van der Waals surface area contributed by atoms with Gasteiger partial charge in [0, 0.05) is 30.1 Å². The highest BCUT2D eigenvalue weighted by Gasteiger charge is 2.19. The van der Waals surface area contributed by atoms with Gasteiger partial charge in [-0.25, -0.2) is 0 Å². The van der Waals surface area contributed by atoms with E-state index < -0.39 is 0 Å². The Kier molecular flexibility index (Phi) is 7.15. The zero-order valence-corrected chi connectivity index (χ0v) is 21.3. The maximum Gasteiger partial charge on any atom is 0.253 e. The first-order valence-corrected chi connectivity index (χ1v) is 12.4. The fourth-order valence-electron chi connectivity index (χ4n) is 4.27. The highest BCUT2D eigenvalue weighted by molar-refractivity contribution is 7.80. The van der Waals surface area contributed by atoms with Gasteiger partial charge in [0.2, 0.25) is 6.79 Å². The molecule has 9 nitrogen and oxygen atoms in total. The molecule has 0 unspecified atom stereocenters. The van der Waals surface area contributed by atoms with Crippen LogP contribution in [0.1, 0.15) is 17.5 Å². The second-order valence-corrected chi connectivity index (χ2v) is 9.53. The third kappa shape index (κ3) is 5.50. The van der Waals surface area contributed by atoms with Crippen molar-refractivity contribution in [3.05, 3.63) is 57.9 Å². The first-order chi connectivity index (χ1) is 17.5. The molecule has 0 radical (unpaired) electrons. The third-order valence-corrected chi connectivity index (χ3v) is 6.50. The van der Waals surface area contributed by atoms with Crippen LogP contribution in [0.4, 0.5) is 0 Å². The Morgan fingerprint density at radius 1 is 0.972 bits per heavy atom. The number of aromatic nitrogens is 1. The SMILES string of the molecule is CN(C)CCCNC(=S)N(Cc1ccc2c(c1)OCO2)Cc1cc2cc3c(cc2[nH]c1=O)OCCO3. The van der Waals surface area contributed by atoms with Crippen molar-refractivity contribution in [2.75, 3.05) is 47.2 Å². The molecule has 2 aromatic carbocycles. The third-order valence-electron chi connectivity index (χ3n) is 6.10. The summed E-state index contributed by atoms with van der Waals surface area (Å²) >= 11 is 5.77. The molecule has 0 fully saturated rings. The second kappa shape index (κ2) is 10.6. The maximum atomic E-state index is 13.0. The van der Waals surface area contributed by atoms with Gasteiger partial charge in [-0.2, -0.15) is 0 Å². The summed E-state index contributed by atoms with van der Waals surface area (Å²) in [6.07, 6.45) is 0.953. The topological polar surface area (TPSA) is 88.3 Å². The molecule has 0 amide bonds. The fraction of sp³-hybridized carbons (Fsp3) is 0.385. The van der Waals surface area contributed by atoms with Crippen molar-refractivity contribution in [3.8, 4) is 23.0 Å². The number of ether oxygens (including phenoxy) is 4. The molecule has 1 aromatic heterocycles. The molecule has 3 aromatic rings. The number of rotatable bonds is 8. The average Bonchev–Trinajstić information content (AvgIpc) is 3.33. The number of fused-ring (bicyclic) bond motifs is 3. The number of H-pyrrole nitrogens is 1. The molecule has 5 rings (SSSR count). The van der Waals surface area contributed by atoms with Crippen LogP contribution < -0.4 is 29.8 Å². The lowest BCUT2D eigenvalue weighted by Gasteiger charge is -2.26. The molecule has 2 aliphatic rings. The Bertz CT molecular complexity index is 1330. The summed E-state index contributed by atoms with van der Waals surface area (Å²) in [6.45, 7) is 3.77. The molecule has 0 aliphatic carbocycles. The van der Waals surface area contributed by atoms with E-state index in [0.29, 0.717) is 59.7 Å². The average molecular weight is 511 g/mol. The lowest BCUT2D eigenvalue weighted by Crippen LogP contribution is -2.40. The van der Waals surface area contributed by atoms with Crippen LogP contribution in [-0.4, -0.2) is 67.1 Å². The van der Waals surface area contributed by atoms with Gasteiger partial charge in [-0.3, -0.25) is 4.79 Å². The van der Waals surface area contributed by atoms with Gasteiger partial charge in [-0.1, -0.05) is 6.07 Å². The molecular formula is C26H30N4O5S. The zero-order valence-electron chi connectivity index (χ0n) is 20.5. The van der Waals surface area contributed by atoms with Crippen molar-refractivity contribution in [1.82, 2.24) is 20.1 Å². The first-order valence-electron chi connectivity index (χ1n) is 12.0. The van der Waals surface area contributed by atoms with E-state index in [9.17, 15) is 4.79 Å². The van der Waals surface area contributed by atoms with Crippen molar-refractivity contribution in [2.24, 2.45) is 0 Å². The van der Waals surface area contributed by atoms with E-state index in [-0.39, 0.29) is 12.4 Å². The van der Waals surface area contributed by atoms with Crippen molar-refractivity contribution in [2.45, 2.75) is 19.5 Å². The van der Waals surface area contributed by atoms with Crippen LogP contribution in [0.25, 0.3) is 10.9 Å². The number of hydrogen-bond acceptors (Lipinski definition) is 7. The van der Waals surface area contributed by atoms with Gasteiger partial charge in [0.05, 0.1) is 12.1 Å². The number of pyridine rings is 1. The minimum atomic E-state index is -0.162. The van der Waals surface area contributed by atoms with Gasteiger partial charge in [-0.15, -0.1) is 0 Å². The first kappa shape index (κ1) is 24.2. The number of nitrogens with one attached hydrogen (secondary N) is 2. The summed E-state index contributed by atoms with van der Waals surface area (Å²) in [5, 5.41) is 4.82. The van der Waals surface area contributed by atoms with Gasteiger partial charge in [0.25, 0.3) is 5.56 Å². The van der Waals surface area contributed by atoms with Gasteiger partial charge in [0.1, 0.15) is 13.2 Å². The number of nitrogens with zero attached hydrogens (tertiary/aromatic N) is 2. The minimum Gasteiger partial charge on any atom is -0.486 e. The van der Waals surface area contributed by atoms with Crippen LogP contribution in [-0.2, 0) is 13.1 Å². The zero-order chi connectivity index (χ0) is 25.1. The van der Waals surface area contributed by atoms with Crippen molar-refractivity contribution < 1.29 is 18.9 Å². The van der Waals surface area contributed by atoms with Crippen LogP contribution in [0.5, 0.6) is 23.0 Å². The largest absolute Gasteiger partial charge is 0.486 e. The number of thiocarbonyl (C=S) groups is 1. The van der Waals surface area contributed by atoms with Crippen LogP contribution in [0, 0.1) is 0 Å². The lowest BCUT2D eigenvalue weighted by molar-refractivity contribution is 0.172. The predicted octanol–water partition coefficient (Wildman–Crippen LogP) is 2.86. The van der Waals surface area contributed by atoms with E-state index in [1.54, 1.807) is 0 Å². The molecule has 2 aliphatic heterocycles. The standard InChI is InChI=1S/C26H30N4O5S/c1-29(2)7-3-6-27-26(36)30(14-17-4-5-21-22(10-17)35-16-34-21)15-19-11-18-12-23-24(33-9-8-32-23)13-20(18)28-25(19)31/h4-5,10-13H,3,6-9,14-16H2,1-2H3,(H,27,36)(H,28,31). The number of benzene rings is 2. The van der Waals surface area contributed by atoms with Crippen LogP contribution >= 0.6 is 12.2 Å². The van der Waals surface area contributed by atoms with E-state index in [0.717, 1.165) is 36.2 Å². The molecule has 3 heterocycles. The van der Waals surface area contributed by atoms with Crippen LogP contribution in [0.2, 0.25) is 0 Å². The number of aromatic amines is 1. The van der Waals surface area contributed by atoms with Crippen molar-refractivity contribution in [1.29, 1.82) is 0 Å². The number of hydrogen-bond donors (Lipinski definition) is 2. The summed E-state index contributed by atoms with van der Waals surface area (Å²) in [5.41, 5.74) is 2.16. The normalized spacial score (nSPS) is 13.8. The smallest absolute Gasteiger partial charge is 0.253 e. The molecule has 0 atom stereocenters. The molecular weight excluding hydrogens is 480 g/mol. The Morgan fingerprint density at radius 3 is 2.53 bits per heavy atom. The van der Waals surface area contributed by atoms with E-state index in [1.807, 2.05) is 55.4 Å². The lowest BCUT2D eigenvalue weighted by atomic mass is 10.1. The highest BCUT2D eigenvalue weighted by atomic mass is 32.1. The van der Waals surface area contributed by atoms with Gasteiger partial charge in [0.15, 0.2) is 28.1 Å². The van der Waals surface area contributed by atoms with E-state index in [2.05, 4.69) is 15.2 Å². The Balaban J connectivity index is 1.39. The Morgan fingerprint density at radius 2 is 1.72 bits per heavy atom. The second-order valence-electron chi connectivity index (χ2n) is 9.14. The quantitative estimate of drug-likeness (QED) is 0.351. The summed E-state index contributed by atoms with van der Waals surface area (Å²) in [4.78, 5) is 20.2. The van der Waals surface area contributed by atoms with E-state index in [1.165, 1.54) is 0 Å². The van der Waals surface area contributed by atoms with Crippen LogP contribution in [0.15, 0.2) is 41.2 Å². The molecule has 36 heavy (non-hydrogen) atoms. The Hall–Kier alpha value is -3.50. The molecule has 10 heteroatoms. The summed E-state index contributed by atoms with van der Waals surface area (Å²) in [5.74, 6) is 2.77. The van der Waals surface area contributed by atoms with Crippen molar-refractivity contribution >= 4 is 28.2 Å². The molecule has 190 valence electrons. The monoisotopic (exact) mass is 510 g/mol. The molecule has 0 saturated heterocycles. The van der Waals surface area contributed by atoms with E-state index >= 15 is 0 Å². The van der Waals surface area contributed by atoms with E-state index in [4.69, 9.17) is 31.2 Å². The Labute approximate surface area is 214 Å².